The predicted molar refractivity (Wildman–Crippen MR) is 81.5 cm³/mol. The van der Waals surface area contributed by atoms with Gasteiger partial charge < -0.3 is 14.8 Å². The van der Waals surface area contributed by atoms with E-state index in [2.05, 4.69) is 10.3 Å². The highest BCUT2D eigenvalue weighted by Gasteiger charge is 2.29. The molecular formula is C17H19FN2O2. The third-order valence-electron chi connectivity index (χ3n) is 3.90. The lowest BCUT2D eigenvalue weighted by molar-refractivity contribution is 0.138. The van der Waals surface area contributed by atoms with Gasteiger partial charge in [-0.1, -0.05) is 12.1 Å². The summed E-state index contributed by atoms with van der Waals surface area (Å²) in [5, 5.41) is 3.33. The lowest BCUT2D eigenvalue weighted by Gasteiger charge is -2.25. The van der Waals surface area contributed by atoms with Crippen molar-refractivity contribution < 1.29 is 13.9 Å². The molecule has 3 rings (SSSR count). The number of ether oxygens (including phenoxy) is 2. The highest BCUT2D eigenvalue weighted by Crippen LogP contribution is 2.36. The molecule has 2 aromatic rings. The number of methoxy groups -OCH3 is 1. The molecule has 1 aromatic heterocycles. The Morgan fingerprint density at radius 1 is 1.27 bits per heavy atom. The molecule has 0 amide bonds. The summed E-state index contributed by atoms with van der Waals surface area (Å²) in [6.45, 7) is 1.79. The monoisotopic (exact) mass is 302 g/mol. The molecule has 4 nitrogen and oxygen atoms in total. The second-order valence-corrected chi connectivity index (χ2v) is 5.38. The first-order valence-corrected chi connectivity index (χ1v) is 7.39. The SMILES string of the molecule is COc1ccccc1O[C@@H](c1cncc(F)c1)[C@H]1CCNC1. The zero-order valence-electron chi connectivity index (χ0n) is 12.5. The fourth-order valence-electron chi connectivity index (χ4n) is 2.81. The quantitative estimate of drug-likeness (QED) is 0.922. The molecule has 0 radical (unpaired) electrons. The summed E-state index contributed by atoms with van der Waals surface area (Å²) in [5.41, 5.74) is 0.750. The van der Waals surface area contributed by atoms with Gasteiger partial charge >= 0.3 is 0 Å². The van der Waals surface area contributed by atoms with Gasteiger partial charge in [0.2, 0.25) is 0 Å². The van der Waals surface area contributed by atoms with Gasteiger partial charge in [-0.25, -0.2) is 4.39 Å². The van der Waals surface area contributed by atoms with Crippen LogP contribution in [0.5, 0.6) is 11.5 Å². The summed E-state index contributed by atoms with van der Waals surface area (Å²) < 4.78 is 25.1. The van der Waals surface area contributed by atoms with Crippen molar-refractivity contribution in [3.8, 4) is 11.5 Å². The molecular weight excluding hydrogens is 283 g/mol. The Kier molecular flexibility index (Phi) is 4.53. The predicted octanol–water partition coefficient (Wildman–Crippen LogP) is 2.96. The second-order valence-electron chi connectivity index (χ2n) is 5.38. The van der Waals surface area contributed by atoms with Crippen molar-refractivity contribution in [2.24, 2.45) is 5.92 Å². The Hall–Kier alpha value is -2.14. The zero-order valence-corrected chi connectivity index (χ0v) is 12.5. The van der Waals surface area contributed by atoms with Crippen LogP contribution in [0.1, 0.15) is 18.1 Å². The molecule has 0 aliphatic carbocycles. The molecule has 0 unspecified atom stereocenters. The lowest BCUT2D eigenvalue weighted by Crippen LogP contribution is -2.22. The molecule has 0 spiro atoms. The van der Waals surface area contributed by atoms with Crippen LogP contribution in [0.15, 0.2) is 42.7 Å². The van der Waals surface area contributed by atoms with Crippen molar-refractivity contribution in [2.75, 3.05) is 20.2 Å². The number of nitrogens with one attached hydrogen (secondary N) is 1. The molecule has 1 aliphatic heterocycles. The summed E-state index contributed by atoms with van der Waals surface area (Å²) in [5.74, 6) is 1.25. The maximum atomic E-state index is 13.5. The van der Waals surface area contributed by atoms with E-state index in [1.54, 1.807) is 13.3 Å². The molecule has 1 N–H and O–H groups in total. The normalized spacial score (nSPS) is 18.9. The van der Waals surface area contributed by atoms with Crippen LogP contribution in [0.4, 0.5) is 4.39 Å². The second kappa shape index (κ2) is 6.75. The molecule has 1 saturated heterocycles. The Morgan fingerprint density at radius 3 is 2.77 bits per heavy atom. The molecule has 1 fully saturated rings. The van der Waals surface area contributed by atoms with Gasteiger partial charge in [-0.2, -0.15) is 0 Å². The Balaban J connectivity index is 1.91. The molecule has 2 atom stereocenters. The summed E-state index contributed by atoms with van der Waals surface area (Å²) >= 11 is 0. The molecule has 5 heteroatoms. The molecule has 0 bridgehead atoms. The van der Waals surface area contributed by atoms with Gasteiger partial charge in [-0.3, -0.25) is 4.98 Å². The highest BCUT2D eigenvalue weighted by molar-refractivity contribution is 5.40. The Labute approximate surface area is 129 Å². The van der Waals surface area contributed by atoms with E-state index in [0.717, 1.165) is 25.1 Å². The van der Waals surface area contributed by atoms with Gasteiger partial charge in [0.15, 0.2) is 11.5 Å². The molecule has 1 aliphatic rings. The first kappa shape index (κ1) is 14.8. The van der Waals surface area contributed by atoms with Crippen molar-refractivity contribution in [2.45, 2.75) is 12.5 Å². The van der Waals surface area contributed by atoms with Crippen LogP contribution >= 0.6 is 0 Å². The fourth-order valence-corrected chi connectivity index (χ4v) is 2.81. The third kappa shape index (κ3) is 3.20. The zero-order chi connectivity index (χ0) is 15.4. The first-order valence-electron chi connectivity index (χ1n) is 7.39. The molecule has 0 saturated carbocycles. The maximum Gasteiger partial charge on any atom is 0.162 e. The number of rotatable bonds is 5. The minimum Gasteiger partial charge on any atom is -0.493 e. The van der Waals surface area contributed by atoms with E-state index in [-0.39, 0.29) is 17.8 Å². The highest BCUT2D eigenvalue weighted by atomic mass is 19.1. The summed E-state index contributed by atoms with van der Waals surface area (Å²) in [6.07, 6.45) is 3.60. The summed E-state index contributed by atoms with van der Waals surface area (Å²) in [4.78, 5) is 3.95. The van der Waals surface area contributed by atoms with Crippen molar-refractivity contribution in [1.82, 2.24) is 10.3 Å². The van der Waals surface area contributed by atoms with Crippen LogP contribution in [-0.4, -0.2) is 25.2 Å². The van der Waals surface area contributed by atoms with Crippen LogP contribution < -0.4 is 14.8 Å². The van der Waals surface area contributed by atoms with Crippen LogP contribution in [0.25, 0.3) is 0 Å². The maximum absolute atomic E-state index is 13.5. The molecule has 22 heavy (non-hydrogen) atoms. The number of hydrogen-bond donors (Lipinski definition) is 1. The molecule has 1 aromatic carbocycles. The minimum atomic E-state index is -0.350. The number of hydrogen-bond acceptors (Lipinski definition) is 4. The van der Waals surface area contributed by atoms with Crippen molar-refractivity contribution in [1.29, 1.82) is 0 Å². The van der Waals surface area contributed by atoms with Crippen LogP contribution in [0.2, 0.25) is 0 Å². The number of para-hydroxylation sites is 2. The Morgan fingerprint density at radius 2 is 2.09 bits per heavy atom. The number of aromatic nitrogens is 1. The van der Waals surface area contributed by atoms with Gasteiger partial charge in [-0.05, 0) is 31.2 Å². The van der Waals surface area contributed by atoms with E-state index in [4.69, 9.17) is 9.47 Å². The van der Waals surface area contributed by atoms with Crippen LogP contribution in [-0.2, 0) is 0 Å². The van der Waals surface area contributed by atoms with E-state index in [9.17, 15) is 4.39 Å². The fraction of sp³-hybridized carbons (Fsp3) is 0.353. The van der Waals surface area contributed by atoms with Crippen molar-refractivity contribution in [3.63, 3.8) is 0 Å². The average molecular weight is 302 g/mol. The van der Waals surface area contributed by atoms with Gasteiger partial charge in [0, 0.05) is 24.2 Å². The summed E-state index contributed by atoms with van der Waals surface area (Å²) in [6, 6.07) is 8.99. The number of nitrogens with zero attached hydrogens (tertiary/aromatic N) is 1. The van der Waals surface area contributed by atoms with E-state index < -0.39 is 0 Å². The van der Waals surface area contributed by atoms with Gasteiger partial charge in [0.05, 0.1) is 13.3 Å². The Bertz CT molecular complexity index is 630. The van der Waals surface area contributed by atoms with Gasteiger partial charge in [-0.15, -0.1) is 0 Å². The van der Waals surface area contributed by atoms with E-state index in [1.165, 1.54) is 12.3 Å². The number of benzene rings is 1. The van der Waals surface area contributed by atoms with Crippen LogP contribution in [0.3, 0.4) is 0 Å². The smallest absolute Gasteiger partial charge is 0.162 e. The molecule has 116 valence electrons. The third-order valence-corrected chi connectivity index (χ3v) is 3.90. The van der Waals surface area contributed by atoms with E-state index in [0.29, 0.717) is 11.5 Å². The number of halogens is 1. The van der Waals surface area contributed by atoms with Gasteiger partial charge in [0.25, 0.3) is 0 Å². The summed E-state index contributed by atoms with van der Waals surface area (Å²) in [7, 11) is 1.61. The first-order chi connectivity index (χ1) is 10.8. The minimum absolute atomic E-state index is 0.255. The van der Waals surface area contributed by atoms with Crippen molar-refractivity contribution >= 4 is 0 Å². The van der Waals surface area contributed by atoms with Crippen molar-refractivity contribution in [3.05, 3.63) is 54.1 Å². The topological polar surface area (TPSA) is 43.4 Å². The average Bonchev–Trinajstić information content (AvgIpc) is 3.07. The molecule has 2 heterocycles. The van der Waals surface area contributed by atoms with Crippen LogP contribution in [0, 0.1) is 11.7 Å². The lowest BCUT2D eigenvalue weighted by atomic mass is 9.96. The van der Waals surface area contributed by atoms with E-state index >= 15 is 0 Å². The standard InChI is InChI=1S/C17H19FN2O2/c1-21-15-4-2-3-5-16(15)22-17(12-6-7-19-9-12)13-8-14(18)11-20-10-13/h2-5,8,10-12,17,19H,6-7,9H2,1H3/t12-,17+/m0/s1. The van der Waals surface area contributed by atoms with Gasteiger partial charge in [0.1, 0.15) is 11.9 Å². The largest absolute Gasteiger partial charge is 0.493 e. The number of pyridine rings is 1. The van der Waals surface area contributed by atoms with E-state index in [1.807, 2.05) is 24.3 Å².